The molecule has 4 N–H and O–H groups in total. The summed E-state index contributed by atoms with van der Waals surface area (Å²) >= 11 is 0.784. The highest BCUT2D eigenvalue weighted by Crippen LogP contribution is 2.31. The average Bonchev–Trinajstić information content (AvgIpc) is 2.73. The summed E-state index contributed by atoms with van der Waals surface area (Å²) in [5, 5.41) is 39.0. The number of hydrogen-bond donors (Lipinski definition) is 4. The molecule has 12 heteroatoms. The fourth-order valence-corrected chi connectivity index (χ4v) is 2.95. The Kier molecular flexibility index (Phi) is 6.54. The fraction of sp³-hybridized carbons (Fsp3) is 0.0556. The summed E-state index contributed by atoms with van der Waals surface area (Å²) in [5.74, 6) is -1.62. The smallest absolute Gasteiger partial charge is 0.341 e. The van der Waals surface area contributed by atoms with Gasteiger partial charge in [-0.3, -0.25) is 9.78 Å². The highest BCUT2D eigenvalue weighted by molar-refractivity contribution is 7.94. The van der Waals surface area contributed by atoms with Crippen molar-refractivity contribution in [3.63, 3.8) is 0 Å². The second kappa shape index (κ2) is 9.28. The summed E-state index contributed by atoms with van der Waals surface area (Å²) in [7, 11) is 0. The van der Waals surface area contributed by atoms with Crippen molar-refractivity contribution < 1.29 is 34.2 Å². The van der Waals surface area contributed by atoms with Gasteiger partial charge in [-0.2, -0.15) is 9.68 Å². The number of carboxylic acids is 1. The van der Waals surface area contributed by atoms with E-state index in [1.165, 1.54) is 29.1 Å². The van der Waals surface area contributed by atoms with E-state index in [1.807, 2.05) is 0 Å². The van der Waals surface area contributed by atoms with Crippen molar-refractivity contribution >= 4 is 29.4 Å². The molecule has 2 heterocycles. The van der Waals surface area contributed by atoms with Crippen molar-refractivity contribution in [1.82, 2.24) is 4.98 Å². The van der Waals surface area contributed by atoms with Crippen LogP contribution in [0.2, 0.25) is 0 Å². The van der Waals surface area contributed by atoms with E-state index in [2.05, 4.69) is 24.6 Å². The Morgan fingerprint density at radius 2 is 1.93 bits per heavy atom. The van der Waals surface area contributed by atoms with Gasteiger partial charge < -0.3 is 10.2 Å². The zero-order valence-electron chi connectivity index (χ0n) is 15.3. The number of azo groups is 1. The number of carbonyl (C=O) groups is 1. The molecule has 0 radical (unpaired) electrons. The second-order valence-electron chi connectivity index (χ2n) is 5.85. The standard InChI is InChI=1S/C18H14N4O7S/c1-10-14(21-20-12-4-6-13(7-5-12)30-29-28-27)16(23)19-17(24)15(10)22-8-2-3-11(9-22)18(25)26/h2-9H,1H3,(H3-,19,23,24,25,26,27)/p+1. The lowest BCUT2D eigenvalue weighted by molar-refractivity contribution is -0.597. The average molecular weight is 431 g/mol. The molecule has 0 bridgehead atoms. The number of benzene rings is 1. The van der Waals surface area contributed by atoms with Crippen LogP contribution in [-0.4, -0.2) is 26.4 Å². The molecule has 30 heavy (non-hydrogen) atoms. The molecule has 2 aromatic heterocycles. The molecule has 0 amide bonds. The van der Waals surface area contributed by atoms with Crippen LogP contribution in [0.5, 0.6) is 5.88 Å². The van der Waals surface area contributed by atoms with Gasteiger partial charge in [0.05, 0.1) is 23.3 Å². The summed E-state index contributed by atoms with van der Waals surface area (Å²) in [6.45, 7) is 1.56. The van der Waals surface area contributed by atoms with Crippen LogP contribution in [0, 0.1) is 6.92 Å². The SMILES string of the molecule is Cc1c(N=Nc2ccc(SOOO)cc2)c(O)[nH]c(=O)c1-[n+]1cccc(C(=O)O)c1. The van der Waals surface area contributed by atoms with Crippen LogP contribution < -0.4 is 10.1 Å². The molecule has 1 aromatic carbocycles. The van der Waals surface area contributed by atoms with Crippen LogP contribution in [0.4, 0.5) is 11.4 Å². The first-order valence-corrected chi connectivity index (χ1v) is 9.02. The van der Waals surface area contributed by atoms with Crippen LogP contribution in [0.15, 0.2) is 68.7 Å². The van der Waals surface area contributed by atoms with Crippen LogP contribution in [0.1, 0.15) is 15.9 Å². The number of nitrogens with zero attached hydrogens (tertiary/aromatic N) is 3. The number of aromatic amines is 1. The van der Waals surface area contributed by atoms with Crippen molar-refractivity contribution in [3.05, 3.63) is 70.3 Å². The van der Waals surface area contributed by atoms with Gasteiger partial charge in [0, 0.05) is 11.0 Å². The Morgan fingerprint density at radius 1 is 1.20 bits per heavy atom. The van der Waals surface area contributed by atoms with E-state index in [4.69, 9.17) is 10.4 Å². The van der Waals surface area contributed by atoms with Gasteiger partial charge in [0.1, 0.15) is 5.56 Å². The van der Waals surface area contributed by atoms with E-state index in [0.29, 0.717) is 16.1 Å². The van der Waals surface area contributed by atoms with Gasteiger partial charge in [-0.25, -0.2) is 10.1 Å². The third kappa shape index (κ3) is 4.69. The second-order valence-corrected chi connectivity index (χ2v) is 6.62. The first kappa shape index (κ1) is 21.1. The first-order valence-electron chi connectivity index (χ1n) is 8.28. The number of H-pyrrole nitrogens is 1. The number of aromatic hydroxyl groups is 1. The van der Waals surface area contributed by atoms with Crippen LogP contribution >= 0.6 is 12.0 Å². The summed E-state index contributed by atoms with van der Waals surface area (Å²) < 4.78 is 5.66. The number of aromatic carboxylic acids is 1. The Morgan fingerprint density at radius 3 is 2.60 bits per heavy atom. The largest absolute Gasteiger partial charge is 0.493 e. The van der Waals surface area contributed by atoms with Crippen LogP contribution in [0.25, 0.3) is 5.69 Å². The predicted octanol–water partition coefficient (Wildman–Crippen LogP) is 3.21. The summed E-state index contributed by atoms with van der Waals surface area (Å²) in [6, 6.07) is 9.37. The van der Waals surface area contributed by atoms with Gasteiger partial charge in [0.2, 0.25) is 5.88 Å². The summed E-state index contributed by atoms with van der Waals surface area (Å²) in [4.78, 5) is 26.5. The molecule has 0 spiro atoms. The Hall–Kier alpha value is -3.58. The van der Waals surface area contributed by atoms with E-state index in [1.54, 1.807) is 31.2 Å². The lowest BCUT2D eigenvalue weighted by Crippen LogP contribution is -2.38. The normalized spacial score (nSPS) is 11.1. The lowest BCUT2D eigenvalue weighted by Gasteiger charge is -2.05. The van der Waals surface area contributed by atoms with Gasteiger partial charge in [-0.1, -0.05) is 5.04 Å². The first-order chi connectivity index (χ1) is 14.4. The molecule has 0 saturated carbocycles. The maximum atomic E-state index is 12.4. The molecular formula is C18H15N4O7S+. The van der Waals surface area contributed by atoms with E-state index in [9.17, 15) is 14.7 Å². The highest BCUT2D eigenvalue weighted by atomic mass is 32.2. The number of nitrogens with one attached hydrogen (secondary N) is 1. The monoisotopic (exact) mass is 431 g/mol. The minimum Gasteiger partial charge on any atom is -0.493 e. The molecule has 0 aliphatic heterocycles. The number of pyridine rings is 2. The van der Waals surface area contributed by atoms with E-state index >= 15 is 0 Å². The number of aromatic nitrogens is 2. The molecule has 0 atom stereocenters. The number of hydrogen-bond acceptors (Lipinski definition) is 9. The minimum atomic E-state index is -1.14. The van der Waals surface area contributed by atoms with E-state index in [-0.39, 0.29) is 16.9 Å². The van der Waals surface area contributed by atoms with Crippen molar-refractivity contribution in [2.24, 2.45) is 10.2 Å². The molecule has 0 fully saturated rings. The maximum absolute atomic E-state index is 12.4. The van der Waals surface area contributed by atoms with Gasteiger partial charge in [0.15, 0.2) is 18.1 Å². The number of rotatable bonds is 7. The molecule has 3 rings (SSSR count). The van der Waals surface area contributed by atoms with Gasteiger partial charge in [-0.05, 0) is 37.3 Å². The number of carboxylic acid groups (broad SMARTS) is 1. The maximum Gasteiger partial charge on any atom is 0.341 e. The molecule has 0 aliphatic carbocycles. The molecular weight excluding hydrogens is 416 g/mol. The van der Waals surface area contributed by atoms with Crippen molar-refractivity contribution in [2.45, 2.75) is 11.8 Å². The van der Waals surface area contributed by atoms with Gasteiger partial charge in [-0.15, -0.1) is 9.45 Å². The molecule has 0 unspecified atom stereocenters. The molecule has 0 saturated heterocycles. The Bertz CT molecular complexity index is 1160. The van der Waals surface area contributed by atoms with E-state index in [0.717, 1.165) is 12.0 Å². The summed E-state index contributed by atoms with van der Waals surface area (Å²) in [6.07, 6.45) is 2.79. The minimum absolute atomic E-state index is 0.0129. The molecule has 0 aliphatic rings. The van der Waals surface area contributed by atoms with Crippen molar-refractivity contribution in [1.29, 1.82) is 0 Å². The van der Waals surface area contributed by atoms with Crippen molar-refractivity contribution in [3.8, 4) is 11.6 Å². The van der Waals surface area contributed by atoms with Gasteiger partial charge in [0.25, 0.3) is 5.69 Å². The van der Waals surface area contributed by atoms with E-state index < -0.39 is 17.4 Å². The van der Waals surface area contributed by atoms with Crippen LogP contribution in [-0.2, 0) is 9.37 Å². The fourth-order valence-electron chi connectivity index (χ4n) is 2.59. The zero-order chi connectivity index (χ0) is 21.7. The van der Waals surface area contributed by atoms with Crippen LogP contribution in [0.3, 0.4) is 0 Å². The molecule has 154 valence electrons. The quantitative estimate of drug-likeness (QED) is 0.146. The molecule has 11 nitrogen and oxygen atoms in total. The highest BCUT2D eigenvalue weighted by Gasteiger charge is 2.23. The topological polar surface area (TPSA) is 158 Å². The van der Waals surface area contributed by atoms with Gasteiger partial charge >= 0.3 is 11.5 Å². The predicted molar refractivity (Wildman–Crippen MR) is 103 cm³/mol. The third-order valence-electron chi connectivity index (χ3n) is 3.95. The molecule has 3 aromatic rings. The summed E-state index contributed by atoms with van der Waals surface area (Å²) in [5.41, 5.74) is 0.223. The third-order valence-corrected chi connectivity index (χ3v) is 4.54. The Balaban J connectivity index is 1.97. The lowest BCUT2D eigenvalue weighted by atomic mass is 10.2. The zero-order valence-corrected chi connectivity index (χ0v) is 16.2. The Labute approximate surface area is 172 Å². The van der Waals surface area contributed by atoms with Crippen molar-refractivity contribution in [2.75, 3.05) is 0 Å².